The number of hydrogen-bond acceptors (Lipinski definition) is 4. The van der Waals surface area contributed by atoms with E-state index < -0.39 is 0 Å². The van der Waals surface area contributed by atoms with Gasteiger partial charge in [-0.3, -0.25) is 0 Å². The first kappa shape index (κ1) is 15.0. The molecular formula is C13H26N4O. The van der Waals surface area contributed by atoms with Crippen molar-refractivity contribution in [2.24, 2.45) is 13.0 Å². The molecule has 5 heteroatoms. The van der Waals surface area contributed by atoms with Crippen LogP contribution in [0, 0.1) is 5.92 Å². The highest BCUT2D eigenvalue weighted by Crippen LogP contribution is 2.11. The summed E-state index contributed by atoms with van der Waals surface area (Å²) in [5.41, 5.74) is 1.13. The Morgan fingerprint density at radius 3 is 2.56 bits per heavy atom. The molecule has 0 bridgehead atoms. The van der Waals surface area contributed by atoms with Crippen molar-refractivity contribution in [3.63, 3.8) is 0 Å². The monoisotopic (exact) mass is 254 g/mol. The van der Waals surface area contributed by atoms with E-state index in [0.29, 0.717) is 5.92 Å². The highest BCUT2D eigenvalue weighted by molar-refractivity contribution is 5.30. The molecule has 0 aliphatic heterocycles. The summed E-state index contributed by atoms with van der Waals surface area (Å²) in [6.07, 6.45) is 2.86. The third-order valence-corrected chi connectivity index (χ3v) is 3.01. The van der Waals surface area contributed by atoms with Gasteiger partial charge in [-0.2, -0.15) is 0 Å². The fourth-order valence-electron chi connectivity index (χ4n) is 2.05. The summed E-state index contributed by atoms with van der Waals surface area (Å²) in [6, 6.07) is 0.155. The largest absolute Gasteiger partial charge is 0.395 e. The van der Waals surface area contributed by atoms with Gasteiger partial charge in [0, 0.05) is 33.7 Å². The molecule has 18 heavy (non-hydrogen) atoms. The van der Waals surface area contributed by atoms with Crippen LogP contribution in [0.1, 0.15) is 26.0 Å². The third kappa shape index (κ3) is 3.99. The molecule has 1 rings (SSSR count). The van der Waals surface area contributed by atoms with E-state index in [4.69, 9.17) is 0 Å². The van der Waals surface area contributed by atoms with Crippen LogP contribution in [0.3, 0.4) is 0 Å². The summed E-state index contributed by atoms with van der Waals surface area (Å²) in [5, 5.41) is 12.7. The van der Waals surface area contributed by atoms with Gasteiger partial charge in [0.05, 0.1) is 18.5 Å². The van der Waals surface area contributed by atoms with Crippen molar-refractivity contribution in [1.82, 2.24) is 14.9 Å². The fraction of sp³-hybridized carbons (Fsp3) is 0.769. The molecule has 2 N–H and O–H groups in total. The SMILES string of the molecule is CC(C)CC(CO)NCc1cnc(N(C)C)n1C. The van der Waals surface area contributed by atoms with E-state index in [0.717, 1.165) is 24.6 Å². The first-order chi connectivity index (χ1) is 8.45. The van der Waals surface area contributed by atoms with Crippen molar-refractivity contribution >= 4 is 5.95 Å². The highest BCUT2D eigenvalue weighted by Gasteiger charge is 2.12. The fourth-order valence-corrected chi connectivity index (χ4v) is 2.05. The van der Waals surface area contributed by atoms with Crippen molar-refractivity contribution in [2.45, 2.75) is 32.9 Å². The molecule has 0 aliphatic rings. The zero-order valence-electron chi connectivity index (χ0n) is 12.1. The number of nitrogens with zero attached hydrogens (tertiary/aromatic N) is 3. The summed E-state index contributed by atoms with van der Waals surface area (Å²) in [5.74, 6) is 1.52. The molecule has 0 saturated carbocycles. The van der Waals surface area contributed by atoms with Gasteiger partial charge < -0.3 is 19.9 Å². The number of aliphatic hydroxyl groups excluding tert-OH is 1. The van der Waals surface area contributed by atoms with Crippen molar-refractivity contribution in [1.29, 1.82) is 0 Å². The molecule has 1 aromatic heterocycles. The van der Waals surface area contributed by atoms with Crippen LogP contribution in [0.4, 0.5) is 5.95 Å². The zero-order valence-corrected chi connectivity index (χ0v) is 12.1. The molecule has 0 fully saturated rings. The van der Waals surface area contributed by atoms with E-state index in [1.165, 1.54) is 0 Å². The Labute approximate surface area is 110 Å². The third-order valence-electron chi connectivity index (χ3n) is 3.01. The van der Waals surface area contributed by atoms with Gasteiger partial charge in [-0.05, 0) is 12.3 Å². The standard InChI is InChI=1S/C13H26N4O/c1-10(2)6-11(9-18)14-7-12-8-15-13(16(3)4)17(12)5/h8,10-11,14,18H,6-7,9H2,1-5H3. The Kier molecular flexibility index (Phi) is 5.62. The Bertz CT molecular complexity index is 360. The van der Waals surface area contributed by atoms with E-state index in [1.54, 1.807) is 0 Å². The normalized spacial score (nSPS) is 13.1. The number of aromatic nitrogens is 2. The molecular weight excluding hydrogens is 228 g/mol. The summed E-state index contributed by atoms with van der Waals surface area (Å²) in [4.78, 5) is 6.35. The van der Waals surface area contributed by atoms with Crippen LogP contribution < -0.4 is 10.2 Å². The summed E-state index contributed by atoms with van der Waals surface area (Å²) in [6.45, 7) is 5.24. The van der Waals surface area contributed by atoms with Gasteiger partial charge in [0.1, 0.15) is 0 Å². The molecule has 1 unspecified atom stereocenters. The maximum atomic E-state index is 9.32. The van der Waals surface area contributed by atoms with Gasteiger partial charge >= 0.3 is 0 Å². The number of imidazole rings is 1. The number of rotatable bonds is 7. The lowest BCUT2D eigenvalue weighted by atomic mass is 10.0. The van der Waals surface area contributed by atoms with Crippen LogP contribution in [-0.2, 0) is 13.6 Å². The molecule has 0 amide bonds. The van der Waals surface area contributed by atoms with Gasteiger partial charge in [0.15, 0.2) is 0 Å². The van der Waals surface area contributed by atoms with Crippen LogP contribution >= 0.6 is 0 Å². The minimum atomic E-state index is 0.155. The van der Waals surface area contributed by atoms with Crippen molar-refractivity contribution in [3.8, 4) is 0 Å². The van der Waals surface area contributed by atoms with Gasteiger partial charge in [0.2, 0.25) is 5.95 Å². The lowest BCUT2D eigenvalue weighted by Gasteiger charge is -2.19. The van der Waals surface area contributed by atoms with Crippen LogP contribution in [0.25, 0.3) is 0 Å². The van der Waals surface area contributed by atoms with Gasteiger partial charge in [-0.1, -0.05) is 13.8 Å². The summed E-state index contributed by atoms with van der Waals surface area (Å²) < 4.78 is 2.07. The lowest BCUT2D eigenvalue weighted by molar-refractivity contribution is 0.223. The second kappa shape index (κ2) is 6.75. The van der Waals surface area contributed by atoms with E-state index >= 15 is 0 Å². The molecule has 0 aliphatic carbocycles. The van der Waals surface area contributed by atoms with Crippen LogP contribution in [-0.4, -0.2) is 41.4 Å². The van der Waals surface area contributed by atoms with E-state index in [9.17, 15) is 5.11 Å². The number of nitrogens with one attached hydrogen (secondary N) is 1. The highest BCUT2D eigenvalue weighted by atomic mass is 16.3. The molecule has 1 atom stereocenters. The van der Waals surface area contributed by atoms with E-state index in [2.05, 4.69) is 28.7 Å². The van der Waals surface area contributed by atoms with Gasteiger partial charge in [-0.15, -0.1) is 0 Å². The molecule has 1 heterocycles. The minimum Gasteiger partial charge on any atom is -0.395 e. The van der Waals surface area contributed by atoms with Gasteiger partial charge in [0.25, 0.3) is 0 Å². The Hall–Kier alpha value is -1.07. The smallest absolute Gasteiger partial charge is 0.204 e. The number of aliphatic hydroxyl groups is 1. The first-order valence-corrected chi connectivity index (χ1v) is 6.47. The first-order valence-electron chi connectivity index (χ1n) is 6.47. The zero-order chi connectivity index (χ0) is 13.7. The summed E-state index contributed by atoms with van der Waals surface area (Å²) >= 11 is 0. The average molecular weight is 254 g/mol. The van der Waals surface area contributed by atoms with Gasteiger partial charge in [-0.25, -0.2) is 4.98 Å². The van der Waals surface area contributed by atoms with Crippen LogP contribution in [0.2, 0.25) is 0 Å². The van der Waals surface area contributed by atoms with Crippen molar-refractivity contribution in [3.05, 3.63) is 11.9 Å². The quantitative estimate of drug-likeness (QED) is 0.762. The van der Waals surface area contributed by atoms with E-state index in [1.807, 2.05) is 32.2 Å². The molecule has 0 aromatic carbocycles. The topological polar surface area (TPSA) is 53.3 Å². The average Bonchev–Trinajstić information content (AvgIpc) is 2.65. The van der Waals surface area contributed by atoms with Crippen LogP contribution in [0.5, 0.6) is 0 Å². The maximum absolute atomic E-state index is 9.32. The molecule has 0 spiro atoms. The Balaban J connectivity index is 2.57. The second-order valence-corrected chi connectivity index (χ2v) is 5.39. The molecule has 0 saturated heterocycles. The molecule has 5 nitrogen and oxygen atoms in total. The molecule has 0 radical (unpaired) electrons. The van der Waals surface area contributed by atoms with Crippen molar-refractivity contribution < 1.29 is 5.11 Å². The number of hydrogen-bond donors (Lipinski definition) is 2. The van der Waals surface area contributed by atoms with Crippen molar-refractivity contribution in [2.75, 3.05) is 25.6 Å². The lowest BCUT2D eigenvalue weighted by Crippen LogP contribution is -2.33. The van der Waals surface area contributed by atoms with Crippen LogP contribution in [0.15, 0.2) is 6.20 Å². The Morgan fingerprint density at radius 1 is 1.44 bits per heavy atom. The second-order valence-electron chi connectivity index (χ2n) is 5.39. The Morgan fingerprint density at radius 2 is 2.11 bits per heavy atom. The minimum absolute atomic E-state index is 0.155. The number of anilines is 1. The summed E-state index contributed by atoms with van der Waals surface area (Å²) in [7, 11) is 5.97. The molecule has 1 aromatic rings. The molecule has 104 valence electrons. The van der Waals surface area contributed by atoms with E-state index in [-0.39, 0.29) is 12.6 Å². The predicted octanol–water partition coefficient (Wildman–Crippen LogP) is 0.983. The predicted molar refractivity (Wildman–Crippen MR) is 74.7 cm³/mol. The maximum Gasteiger partial charge on any atom is 0.204 e.